The predicted molar refractivity (Wildman–Crippen MR) is 88.7 cm³/mol. The lowest BCUT2D eigenvalue weighted by Crippen LogP contribution is -2.09. The maximum absolute atomic E-state index is 11.6. The molecule has 0 radical (unpaired) electrons. The molecule has 116 valence electrons. The van der Waals surface area contributed by atoms with Crippen molar-refractivity contribution in [1.29, 1.82) is 0 Å². The molecule has 4 nitrogen and oxygen atoms in total. The van der Waals surface area contributed by atoms with Crippen LogP contribution in [0.2, 0.25) is 0 Å². The number of carbonyl (C=O) groups excluding carboxylic acids is 1. The zero-order valence-corrected chi connectivity index (χ0v) is 13.5. The number of nitrogens with zero attached hydrogens (tertiary/aromatic N) is 1. The predicted octanol–water partition coefficient (Wildman–Crippen LogP) is 3.74. The standard InChI is InChI=1S/C17H20N2O2S/c1-12-16(22-11-18-12)8-4-10-21-15-7-3-6-14-13(15)5-2-9-17(20)19-14/h3,6-7,11H,2,4-5,8-10H2,1H3,(H,19,20). The fourth-order valence-corrected chi connectivity index (χ4v) is 3.52. The summed E-state index contributed by atoms with van der Waals surface area (Å²) < 4.78 is 5.97. The van der Waals surface area contributed by atoms with Crippen LogP contribution in [0.25, 0.3) is 0 Å². The fraction of sp³-hybridized carbons (Fsp3) is 0.412. The minimum atomic E-state index is 0.0940. The molecule has 0 fully saturated rings. The lowest BCUT2D eigenvalue weighted by molar-refractivity contribution is -0.116. The Morgan fingerprint density at radius 2 is 2.27 bits per heavy atom. The van der Waals surface area contributed by atoms with E-state index in [2.05, 4.69) is 10.3 Å². The van der Waals surface area contributed by atoms with Crippen LogP contribution < -0.4 is 10.1 Å². The summed E-state index contributed by atoms with van der Waals surface area (Å²) in [7, 11) is 0. The molecule has 0 unspecified atom stereocenters. The molecular weight excluding hydrogens is 296 g/mol. The number of rotatable bonds is 5. The van der Waals surface area contributed by atoms with Crippen LogP contribution in [0.5, 0.6) is 5.75 Å². The number of nitrogens with one attached hydrogen (secondary N) is 1. The first-order valence-electron chi connectivity index (χ1n) is 7.67. The molecule has 1 aliphatic rings. The Labute approximate surface area is 134 Å². The van der Waals surface area contributed by atoms with Crippen LogP contribution in [0.4, 0.5) is 5.69 Å². The molecule has 2 aromatic rings. The van der Waals surface area contributed by atoms with E-state index in [0.29, 0.717) is 13.0 Å². The number of benzene rings is 1. The van der Waals surface area contributed by atoms with Crippen molar-refractivity contribution in [3.8, 4) is 5.75 Å². The molecule has 2 heterocycles. The molecule has 0 bridgehead atoms. The highest BCUT2D eigenvalue weighted by atomic mass is 32.1. The number of anilines is 1. The van der Waals surface area contributed by atoms with Crippen LogP contribution in [0.1, 0.15) is 35.4 Å². The summed E-state index contributed by atoms with van der Waals surface area (Å²) in [4.78, 5) is 17.2. The van der Waals surface area contributed by atoms with Gasteiger partial charge >= 0.3 is 0 Å². The van der Waals surface area contributed by atoms with Crippen molar-refractivity contribution in [2.75, 3.05) is 11.9 Å². The number of amides is 1. The summed E-state index contributed by atoms with van der Waals surface area (Å²) in [5.41, 5.74) is 5.05. The number of carbonyl (C=O) groups is 1. The highest BCUT2D eigenvalue weighted by Crippen LogP contribution is 2.30. The van der Waals surface area contributed by atoms with Crippen LogP contribution in [-0.2, 0) is 17.6 Å². The van der Waals surface area contributed by atoms with Crippen LogP contribution in [0, 0.1) is 6.92 Å². The molecule has 1 aliphatic heterocycles. The lowest BCUT2D eigenvalue weighted by Gasteiger charge is -2.13. The van der Waals surface area contributed by atoms with E-state index in [1.807, 2.05) is 30.6 Å². The Bertz CT molecular complexity index is 666. The van der Waals surface area contributed by atoms with Crippen LogP contribution in [0.15, 0.2) is 23.7 Å². The zero-order chi connectivity index (χ0) is 15.4. The summed E-state index contributed by atoms with van der Waals surface area (Å²) in [5, 5.41) is 2.96. The van der Waals surface area contributed by atoms with E-state index in [-0.39, 0.29) is 5.91 Å². The summed E-state index contributed by atoms with van der Waals surface area (Å²) in [6.07, 6.45) is 4.32. The number of fused-ring (bicyclic) bond motifs is 1. The fourth-order valence-electron chi connectivity index (χ4n) is 2.70. The van der Waals surface area contributed by atoms with Gasteiger partial charge in [-0.15, -0.1) is 11.3 Å². The molecule has 1 amide bonds. The van der Waals surface area contributed by atoms with Crippen LogP contribution in [0.3, 0.4) is 0 Å². The van der Waals surface area contributed by atoms with Crippen LogP contribution >= 0.6 is 11.3 Å². The highest BCUT2D eigenvalue weighted by molar-refractivity contribution is 7.09. The van der Waals surface area contributed by atoms with E-state index in [1.54, 1.807) is 11.3 Å². The van der Waals surface area contributed by atoms with E-state index in [9.17, 15) is 4.79 Å². The smallest absolute Gasteiger partial charge is 0.224 e. The van der Waals surface area contributed by atoms with Gasteiger partial charge in [-0.1, -0.05) is 6.07 Å². The van der Waals surface area contributed by atoms with Gasteiger partial charge in [-0.05, 0) is 44.7 Å². The third kappa shape index (κ3) is 3.47. The Kier molecular flexibility index (Phi) is 4.73. The maximum Gasteiger partial charge on any atom is 0.224 e. The Balaban J connectivity index is 1.60. The summed E-state index contributed by atoms with van der Waals surface area (Å²) in [6.45, 7) is 2.73. The quantitative estimate of drug-likeness (QED) is 0.855. The molecule has 22 heavy (non-hydrogen) atoms. The number of thiazole rings is 1. The van der Waals surface area contributed by atoms with Gasteiger partial charge in [0.2, 0.25) is 5.91 Å². The first kappa shape index (κ1) is 15.0. The van der Waals surface area contributed by atoms with Gasteiger partial charge in [-0.25, -0.2) is 4.98 Å². The highest BCUT2D eigenvalue weighted by Gasteiger charge is 2.16. The van der Waals surface area contributed by atoms with Crippen molar-refractivity contribution >= 4 is 22.9 Å². The molecule has 0 spiro atoms. The molecule has 1 aromatic heterocycles. The van der Waals surface area contributed by atoms with Gasteiger partial charge in [-0.2, -0.15) is 0 Å². The van der Waals surface area contributed by atoms with Crippen LogP contribution in [-0.4, -0.2) is 17.5 Å². The van der Waals surface area contributed by atoms with Crippen molar-refractivity contribution in [3.63, 3.8) is 0 Å². The van der Waals surface area contributed by atoms with Gasteiger partial charge in [0.05, 0.1) is 17.8 Å². The minimum absolute atomic E-state index is 0.0940. The molecule has 5 heteroatoms. The lowest BCUT2D eigenvalue weighted by atomic mass is 10.1. The van der Waals surface area contributed by atoms with E-state index in [1.165, 1.54) is 4.88 Å². The number of aryl methyl sites for hydroxylation is 2. The number of hydrogen-bond acceptors (Lipinski definition) is 4. The number of hydrogen-bond donors (Lipinski definition) is 1. The van der Waals surface area contributed by atoms with Gasteiger partial charge in [0, 0.05) is 22.5 Å². The van der Waals surface area contributed by atoms with Crippen molar-refractivity contribution in [2.45, 2.75) is 39.0 Å². The second kappa shape index (κ2) is 6.92. The molecule has 1 N–H and O–H groups in total. The van der Waals surface area contributed by atoms with Crippen molar-refractivity contribution in [2.24, 2.45) is 0 Å². The van der Waals surface area contributed by atoms with Crippen molar-refractivity contribution in [1.82, 2.24) is 4.98 Å². The second-order valence-electron chi connectivity index (χ2n) is 5.50. The molecule has 0 atom stereocenters. The van der Waals surface area contributed by atoms with E-state index in [0.717, 1.165) is 48.4 Å². The third-order valence-electron chi connectivity index (χ3n) is 3.89. The Morgan fingerprint density at radius 1 is 1.36 bits per heavy atom. The first-order valence-corrected chi connectivity index (χ1v) is 8.55. The Hall–Kier alpha value is -1.88. The summed E-state index contributed by atoms with van der Waals surface area (Å²) in [5.74, 6) is 0.997. The van der Waals surface area contributed by atoms with Gasteiger partial charge in [-0.3, -0.25) is 4.79 Å². The third-order valence-corrected chi connectivity index (χ3v) is 4.88. The average Bonchev–Trinajstić information content (AvgIpc) is 2.80. The molecule has 0 saturated heterocycles. The molecule has 0 aliphatic carbocycles. The molecular formula is C17H20N2O2S. The molecule has 0 saturated carbocycles. The van der Waals surface area contributed by atoms with Crippen molar-refractivity contribution < 1.29 is 9.53 Å². The topological polar surface area (TPSA) is 51.2 Å². The molecule has 1 aromatic carbocycles. The number of ether oxygens (including phenoxy) is 1. The summed E-state index contributed by atoms with van der Waals surface area (Å²) in [6, 6.07) is 5.88. The average molecular weight is 316 g/mol. The second-order valence-corrected chi connectivity index (χ2v) is 6.44. The Morgan fingerprint density at radius 3 is 3.09 bits per heavy atom. The van der Waals surface area contributed by atoms with Gasteiger partial charge in [0.15, 0.2) is 0 Å². The minimum Gasteiger partial charge on any atom is -0.493 e. The van der Waals surface area contributed by atoms with Gasteiger partial charge in [0.1, 0.15) is 5.75 Å². The number of aromatic nitrogens is 1. The normalized spacial score (nSPS) is 14.1. The van der Waals surface area contributed by atoms with Gasteiger partial charge in [0.25, 0.3) is 0 Å². The van der Waals surface area contributed by atoms with Gasteiger partial charge < -0.3 is 10.1 Å². The van der Waals surface area contributed by atoms with E-state index >= 15 is 0 Å². The van der Waals surface area contributed by atoms with E-state index < -0.39 is 0 Å². The summed E-state index contributed by atoms with van der Waals surface area (Å²) >= 11 is 1.71. The van der Waals surface area contributed by atoms with Crippen molar-refractivity contribution in [3.05, 3.63) is 39.8 Å². The SMILES string of the molecule is Cc1ncsc1CCCOc1cccc2c1CCCC(=O)N2. The first-order chi connectivity index (χ1) is 10.7. The molecule has 3 rings (SSSR count). The van der Waals surface area contributed by atoms with E-state index in [4.69, 9.17) is 4.74 Å². The maximum atomic E-state index is 11.6. The zero-order valence-electron chi connectivity index (χ0n) is 12.7. The largest absolute Gasteiger partial charge is 0.493 e. The monoisotopic (exact) mass is 316 g/mol.